The summed E-state index contributed by atoms with van der Waals surface area (Å²) in [4.78, 5) is 15.6. The lowest BCUT2D eigenvalue weighted by Gasteiger charge is -2.30. The van der Waals surface area contributed by atoms with Crippen molar-refractivity contribution in [2.45, 2.75) is 30.8 Å². The first-order valence-electron chi connectivity index (χ1n) is 9.42. The Kier molecular flexibility index (Phi) is 5.72. The van der Waals surface area contributed by atoms with E-state index in [9.17, 15) is 17.6 Å². The molecular formula is C20H20FN3O4S2. The van der Waals surface area contributed by atoms with E-state index >= 15 is 0 Å². The summed E-state index contributed by atoms with van der Waals surface area (Å²) >= 11 is 1.28. The molecule has 0 atom stereocenters. The first-order chi connectivity index (χ1) is 14.3. The number of hydrogen-bond acceptors (Lipinski definition) is 6. The maximum Gasteiger partial charge on any atom is 0.274 e. The largest absolute Gasteiger partial charge is 0.467 e. The van der Waals surface area contributed by atoms with Gasteiger partial charge in [-0.25, -0.2) is 17.8 Å². The molecule has 7 nitrogen and oxygen atoms in total. The topological polar surface area (TPSA) is 88.6 Å². The molecule has 0 spiro atoms. The Morgan fingerprint density at radius 3 is 2.57 bits per heavy atom. The van der Waals surface area contributed by atoms with Crippen LogP contribution in [0.15, 0.2) is 47.4 Å². The number of thiazole rings is 1. The number of halogens is 1. The second kappa shape index (κ2) is 8.29. The number of fused-ring (bicyclic) bond motifs is 1. The van der Waals surface area contributed by atoms with Gasteiger partial charge in [-0.2, -0.15) is 4.31 Å². The minimum atomic E-state index is -3.62. The monoisotopic (exact) mass is 449 g/mol. The summed E-state index contributed by atoms with van der Waals surface area (Å²) in [6.07, 6.45) is 0.921. The zero-order valence-corrected chi connectivity index (χ0v) is 17.8. The highest BCUT2D eigenvalue weighted by molar-refractivity contribution is 7.89. The number of ether oxygens (including phenoxy) is 1. The van der Waals surface area contributed by atoms with Gasteiger partial charge >= 0.3 is 0 Å². The molecule has 4 rings (SSSR count). The highest BCUT2D eigenvalue weighted by atomic mass is 32.2. The van der Waals surface area contributed by atoms with Crippen LogP contribution in [0.5, 0.6) is 5.19 Å². The molecule has 2 heterocycles. The fraction of sp³-hybridized carbons (Fsp3) is 0.300. The fourth-order valence-electron chi connectivity index (χ4n) is 3.32. The molecule has 0 unspecified atom stereocenters. The Hall–Kier alpha value is -2.56. The lowest BCUT2D eigenvalue weighted by molar-refractivity contribution is -0.114. The summed E-state index contributed by atoms with van der Waals surface area (Å²) in [6, 6.07) is 10.5. The van der Waals surface area contributed by atoms with E-state index in [0.717, 1.165) is 0 Å². The van der Waals surface area contributed by atoms with Crippen LogP contribution in [0.25, 0.3) is 10.2 Å². The number of anilines is 1. The summed E-state index contributed by atoms with van der Waals surface area (Å²) in [7, 11) is -3.62. The average Bonchev–Trinajstić information content (AvgIpc) is 3.09. The van der Waals surface area contributed by atoms with Crippen LogP contribution in [-0.2, 0) is 14.8 Å². The van der Waals surface area contributed by atoms with Crippen molar-refractivity contribution in [3.8, 4) is 5.19 Å². The third-order valence-corrected chi connectivity index (χ3v) is 7.63. The molecule has 1 aliphatic heterocycles. The molecular weight excluding hydrogens is 429 g/mol. The molecule has 1 aromatic heterocycles. The average molecular weight is 450 g/mol. The lowest BCUT2D eigenvalue weighted by Crippen LogP contribution is -2.41. The number of carbonyl (C=O) groups excluding carboxylic acids is 1. The predicted molar refractivity (Wildman–Crippen MR) is 113 cm³/mol. The molecule has 158 valence electrons. The highest BCUT2D eigenvalue weighted by Crippen LogP contribution is 2.31. The summed E-state index contributed by atoms with van der Waals surface area (Å²) in [5.41, 5.74) is 1.23. The van der Waals surface area contributed by atoms with Crippen molar-refractivity contribution >= 4 is 43.2 Å². The highest BCUT2D eigenvalue weighted by Gasteiger charge is 2.30. The van der Waals surface area contributed by atoms with Gasteiger partial charge in [-0.3, -0.25) is 4.79 Å². The fourth-order valence-corrected chi connectivity index (χ4v) is 5.70. The Morgan fingerprint density at radius 2 is 1.90 bits per heavy atom. The number of nitrogens with zero attached hydrogens (tertiary/aromatic N) is 2. The minimum Gasteiger partial charge on any atom is -0.467 e. The zero-order valence-electron chi connectivity index (χ0n) is 16.2. The zero-order chi connectivity index (χ0) is 21.3. The predicted octanol–water partition coefficient (Wildman–Crippen LogP) is 3.63. The van der Waals surface area contributed by atoms with Crippen molar-refractivity contribution < 1.29 is 22.3 Å². The van der Waals surface area contributed by atoms with Crippen LogP contribution < -0.4 is 10.1 Å². The molecule has 1 N–H and O–H groups in total. The summed E-state index contributed by atoms with van der Waals surface area (Å²) in [5.74, 6) is -0.535. The van der Waals surface area contributed by atoms with Crippen molar-refractivity contribution in [2.75, 3.05) is 18.4 Å². The maximum absolute atomic E-state index is 13.3. The number of aromatic nitrogens is 1. The number of amides is 1. The van der Waals surface area contributed by atoms with Gasteiger partial charge in [0.05, 0.1) is 15.1 Å². The van der Waals surface area contributed by atoms with E-state index < -0.39 is 10.0 Å². The third kappa shape index (κ3) is 4.45. The first kappa shape index (κ1) is 20.7. The standard InChI is InChI=1S/C20H20FN3O4S2/c1-13(25)22-15-3-5-17(6-4-15)30(26,27)24-10-8-16(9-11-24)28-20-23-18-7-2-14(21)12-19(18)29-20/h2-7,12,16H,8-11H2,1H3,(H,22,25). The van der Waals surface area contributed by atoms with Crippen LogP contribution in [0.4, 0.5) is 10.1 Å². The van der Waals surface area contributed by atoms with Gasteiger partial charge in [0.2, 0.25) is 15.9 Å². The van der Waals surface area contributed by atoms with Gasteiger partial charge < -0.3 is 10.1 Å². The molecule has 1 fully saturated rings. The SMILES string of the molecule is CC(=O)Nc1ccc(S(=O)(=O)N2CCC(Oc3nc4ccc(F)cc4s3)CC2)cc1. The second-order valence-electron chi connectivity index (χ2n) is 7.02. The van der Waals surface area contributed by atoms with Crippen molar-refractivity contribution in [1.29, 1.82) is 0 Å². The Balaban J connectivity index is 1.38. The molecule has 1 saturated heterocycles. The van der Waals surface area contributed by atoms with Crippen molar-refractivity contribution in [3.05, 3.63) is 48.3 Å². The van der Waals surface area contributed by atoms with Crippen molar-refractivity contribution in [2.24, 2.45) is 0 Å². The van der Waals surface area contributed by atoms with E-state index in [1.165, 1.54) is 46.8 Å². The first-order valence-corrected chi connectivity index (χ1v) is 11.7. The van der Waals surface area contributed by atoms with Crippen LogP contribution in [0.3, 0.4) is 0 Å². The molecule has 30 heavy (non-hydrogen) atoms. The number of piperidine rings is 1. The quantitative estimate of drug-likeness (QED) is 0.643. The van der Waals surface area contributed by atoms with Crippen molar-refractivity contribution in [1.82, 2.24) is 9.29 Å². The van der Waals surface area contributed by atoms with Crippen LogP contribution in [0, 0.1) is 5.82 Å². The van der Waals surface area contributed by atoms with Crippen LogP contribution in [0.2, 0.25) is 0 Å². The van der Waals surface area contributed by atoms with Gasteiger partial charge in [0.15, 0.2) is 0 Å². The number of benzene rings is 2. The molecule has 0 saturated carbocycles. The number of sulfonamides is 1. The Bertz CT molecular complexity index is 1170. The normalized spacial score (nSPS) is 15.9. The van der Waals surface area contributed by atoms with E-state index in [-0.39, 0.29) is 22.7 Å². The molecule has 1 amide bonds. The maximum atomic E-state index is 13.3. The second-order valence-corrected chi connectivity index (χ2v) is 9.95. The van der Waals surface area contributed by atoms with Gasteiger partial charge in [-0.15, -0.1) is 0 Å². The molecule has 3 aromatic rings. The van der Waals surface area contributed by atoms with Gasteiger partial charge in [0, 0.05) is 25.7 Å². The molecule has 10 heteroatoms. The van der Waals surface area contributed by atoms with E-state index in [4.69, 9.17) is 4.74 Å². The minimum absolute atomic E-state index is 0.149. The number of nitrogens with one attached hydrogen (secondary N) is 1. The van der Waals surface area contributed by atoms with Gasteiger partial charge in [-0.1, -0.05) is 11.3 Å². The van der Waals surface area contributed by atoms with Gasteiger partial charge in [0.25, 0.3) is 5.19 Å². The summed E-state index contributed by atoms with van der Waals surface area (Å²) < 4.78 is 47.2. The molecule has 0 bridgehead atoms. The molecule has 0 aliphatic carbocycles. The van der Waals surface area contributed by atoms with E-state index in [0.29, 0.717) is 47.0 Å². The van der Waals surface area contributed by atoms with E-state index in [1.54, 1.807) is 18.2 Å². The van der Waals surface area contributed by atoms with Crippen LogP contribution in [0.1, 0.15) is 19.8 Å². The van der Waals surface area contributed by atoms with E-state index in [1.807, 2.05) is 0 Å². The summed E-state index contributed by atoms with van der Waals surface area (Å²) in [5, 5.41) is 3.08. The third-order valence-electron chi connectivity index (χ3n) is 4.81. The van der Waals surface area contributed by atoms with Crippen molar-refractivity contribution in [3.63, 3.8) is 0 Å². The molecule has 0 radical (unpaired) electrons. The Labute approximate surface area is 177 Å². The summed E-state index contributed by atoms with van der Waals surface area (Å²) in [6.45, 7) is 2.06. The van der Waals surface area contributed by atoms with Crippen LogP contribution in [-0.4, -0.2) is 42.8 Å². The van der Waals surface area contributed by atoms with Gasteiger partial charge in [0.1, 0.15) is 11.9 Å². The number of hydrogen-bond donors (Lipinski definition) is 1. The van der Waals surface area contributed by atoms with E-state index in [2.05, 4.69) is 10.3 Å². The van der Waals surface area contributed by atoms with Crippen LogP contribution >= 0.6 is 11.3 Å². The number of carbonyl (C=O) groups is 1. The smallest absolute Gasteiger partial charge is 0.274 e. The molecule has 1 aliphatic rings. The molecule has 2 aromatic carbocycles. The van der Waals surface area contributed by atoms with Gasteiger partial charge in [-0.05, 0) is 55.3 Å². The lowest BCUT2D eigenvalue weighted by atomic mass is 10.1. The Morgan fingerprint density at radius 1 is 1.20 bits per heavy atom. The number of rotatable bonds is 5.